The van der Waals surface area contributed by atoms with Gasteiger partial charge in [-0.25, -0.2) is 0 Å². The molecule has 1 unspecified atom stereocenters. The summed E-state index contributed by atoms with van der Waals surface area (Å²) in [5.74, 6) is 0.591. The van der Waals surface area contributed by atoms with Crippen molar-refractivity contribution < 1.29 is 23.8 Å². The van der Waals surface area contributed by atoms with E-state index in [1.807, 2.05) is 65.8 Å². The molecule has 1 aromatic carbocycles. The minimum Gasteiger partial charge on any atom is -0.487 e. The van der Waals surface area contributed by atoms with Gasteiger partial charge in [0.25, 0.3) is 0 Å². The van der Waals surface area contributed by atoms with Gasteiger partial charge in [0.2, 0.25) is 5.78 Å². The Morgan fingerprint density at radius 2 is 1.58 bits per heavy atom. The Morgan fingerprint density at radius 3 is 2.08 bits per heavy atom. The molecule has 0 aromatic heterocycles. The van der Waals surface area contributed by atoms with E-state index in [9.17, 15) is 9.59 Å². The van der Waals surface area contributed by atoms with E-state index in [0.29, 0.717) is 17.1 Å². The average Bonchev–Trinajstić information content (AvgIpc) is 2.73. The first-order valence-electron chi connectivity index (χ1n) is 12.8. The number of ether oxygens (including phenoxy) is 3. The van der Waals surface area contributed by atoms with Crippen LogP contribution in [0.5, 0.6) is 11.5 Å². The van der Waals surface area contributed by atoms with Crippen LogP contribution in [0.1, 0.15) is 93.2 Å². The molecule has 2 rings (SSSR count). The normalized spacial score (nSPS) is 18.4. The summed E-state index contributed by atoms with van der Waals surface area (Å²) < 4.78 is 18.5. The van der Waals surface area contributed by atoms with Crippen molar-refractivity contribution in [2.24, 2.45) is 5.41 Å². The maximum atomic E-state index is 13.6. The fourth-order valence-corrected chi connectivity index (χ4v) is 3.62. The molecule has 5 heteroatoms. The molecule has 1 aliphatic carbocycles. The van der Waals surface area contributed by atoms with Gasteiger partial charge in [-0.15, -0.1) is 0 Å². The highest BCUT2D eigenvalue weighted by atomic mass is 16.6. The Bertz CT molecular complexity index is 1040. The quantitative estimate of drug-likeness (QED) is 0.277. The maximum absolute atomic E-state index is 13.6. The highest BCUT2D eigenvalue weighted by Gasteiger charge is 2.41. The predicted molar refractivity (Wildman–Crippen MR) is 146 cm³/mol. The van der Waals surface area contributed by atoms with Crippen molar-refractivity contribution in [2.45, 2.75) is 105 Å². The molecule has 5 nitrogen and oxygen atoms in total. The fourth-order valence-electron chi connectivity index (χ4n) is 3.62. The summed E-state index contributed by atoms with van der Waals surface area (Å²) in [6, 6.07) is 3.97. The lowest BCUT2D eigenvalue weighted by Crippen LogP contribution is -2.43. The highest BCUT2D eigenvalue weighted by Crippen LogP contribution is 2.38. The molecule has 1 aliphatic rings. The first-order chi connectivity index (χ1) is 16.5. The van der Waals surface area contributed by atoms with Crippen LogP contribution in [0, 0.1) is 5.41 Å². The first-order valence-corrected chi connectivity index (χ1v) is 12.8. The van der Waals surface area contributed by atoms with Crippen LogP contribution in [0.2, 0.25) is 0 Å². The molecule has 0 saturated carbocycles. The standard InChI is InChI=1S/C31H44O5/c1-11-15-22-16-18-24(34-29(5,6)7)23(26(22)35-30(8,9)10)17-19-25(32)31(20-13-12-14-21-31)36-27(33)28(2,3)4/h12-14,16-20H,11,15,21H2,1-10H3/b19-17+. The number of ketones is 1. The van der Waals surface area contributed by atoms with Crippen LogP contribution in [0.15, 0.2) is 42.5 Å². The number of carbonyl (C=O) groups excluding carboxylic acids is 2. The van der Waals surface area contributed by atoms with Crippen LogP contribution in [-0.2, 0) is 20.7 Å². The summed E-state index contributed by atoms with van der Waals surface area (Å²) in [5, 5.41) is 0. The molecule has 0 aliphatic heterocycles. The molecule has 0 N–H and O–H groups in total. The maximum Gasteiger partial charge on any atom is 0.312 e. The van der Waals surface area contributed by atoms with Gasteiger partial charge in [-0.05, 0) is 98.6 Å². The monoisotopic (exact) mass is 496 g/mol. The third-order valence-electron chi connectivity index (χ3n) is 5.32. The van der Waals surface area contributed by atoms with Crippen molar-refractivity contribution >= 4 is 17.8 Å². The van der Waals surface area contributed by atoms with Crippen LogP contribution in [-0.4, -0.2) is 28.6 Å². The zero-order valence-corrected chi connectivity index (χ0v) is 23.8. The van der Waals surface area contributed by atoms with Crippen molar-refractivity contribution in [3.05, 3.63) is 53.6 Å². The Hall–Kier alpha value is -2.82. The van der Waals surface area contributed by atoms with Crippen molar-refractivity contribution in [1.82, 2.24) is 0 Å². The van der Waals surface area contributed by atoms with Gasteiger partial charge < -0.3 is 14.2 Å². The number of esters is 1. The van der Waals surface area contributed by atoms with E-state index in [0.717, 1.165) is 18.4 Å². The molecule has 0 amide bonds. The molecule has 0 radical (unpaired) electrons. The molecule has 0 heterocycles. The van der Waals surface area contributed by atoms with Gasteiger partial charge in [0, 0.05) is 6.42 Å². The third kappa shape index (κ3) is 8.11. The second-order valence-electron chi connectivity index (χ2n) is 12.4. The highest BCUT2D eigenvalue weighted by molar-refractivity contribution is 6.03. The summed E-state index contributed by atoms with van der Waals surface area (Å²) in [5.41, 5.74) is -1.26. The lowest BCUT2D eigenvalue weighted by atomic mass is 9.88. The first kappa shape index (κ1) is 29.4. The second-order valence-corrected chi connectivity index (χ2v) is 12.4. The van der Waals surface area contributed by atoms with E-state index in [1.165, 1.54) is 6.08 Å². The number of hydrogen-bond acceptors (Lipinski definition) is 5. The summed E-state index contributed by atoms with van der Waals surface area (Å²) in [6.07, 6.45) is 12.4. The minimum atomic E-state index is -1.38. The van der Waals surface area contributed by atoms with E-state index in [1.54, 1.807) is 39.0 Å². The second kappa shape index (κ2) is 11.1. The van der Waals surface area contributed by atoms with E-state index in [2.05, 4.69) is 6.92 Å². The molecule has 0 spiro atoms. The van der Waals surface area contributed by atoms with E-state index in [-0.39, 0.29) is 12.2 Å². The number of allylic oxidation sites excluding steroid dienone is 2. The van der Waals surface area contributed by atoms with Gasteiger partial charge in [0.1, 0.15) is 22.7 Å². The molecule has 0 saturated heterocycles. The number of hydrogen-bond donors (Lipinski definition) is 0. The van der Waals surface area contributed by atoms with Gasteiger partial charge in [0.05, 0.1) is 11.0 Å². The Kier molecular flexibility index (Phi) is 9.04. The lowest BCUT2D eigenvalue weighted by Gasteiger charge is -2.32. The molecule has 198 valence electrons. The van der Waals surface area contributed by atoms with E-state index >= 15 is 0 Å². The molecule has 1 atom stereocenters. The zero-order valence-electron chi connectivity index (χ0n) is 23.8. The SMILES string of the molecule is CCCc1ccc(OC(C)(C)C)c(/C=C/C(=O)C2(OC(=O)C(C)(C)C)C=CC=CC2)c1OC(C)(C)C. The van der Waals surface area contributed by atoms with E-state index in [4.69, 9.17) is 14.2 Å². The van der Waals surface area contributed by atoms with Crippen molar-refractivity contribution in [3.63, 3.8) is 0 Å². The predicted octanol–water partition coefficient (Wildman–Crippen LogP) is 7.42. The van der Waals surface area contributed by atoms with Crippen molar-refractivity contribution in [3.8, 4) is 11.5 Å². The van der Waals surface area contributed by atoms with Gasteiger partial charge in [-0.3, -0.25) is 9.59 Å². The Labute approximate surface area is 217 Å². The zero-order chi connectivity index (χ0) is 27.4. The molecular weight excluding hydrogens is 452 g/mol. The van der Waals surface area contributed by atoms with Crippen LogP contribution in [0.25, 0.3) is 6.08 Å². The number of benzene rings is 1. The minimum absolute atomic E-state index is 0.279. The number of aryl methyl sites for hydroxylation is 1. The van der Waals surface area contributed by atoms with Gasteiger partial charge in [0.15, 0.2) is 5.60 Å². The summed E-state index contributed by atoms with van der Waals surface area (Å²) in [4.78, 5) is 26.4. The van der Waals surface area contributed by atoms with Crippen LogP contribution in [0.4, 0.5) is 0 Å². The van der Waals surface area contributed by atoms with Crippen LogP contribution >= 0.6 is 0 Å². The topological polar surface area (TPSA) is 61.8 Å². The lowest BCUT2D eigenvalue weighted by molar-refractivity contribution is -0.168. The Balaban J connectivity index is 2.61. The van der Waals surface area contributed by atoms with Crippen LogP contribution in [0.3, 0.4) is 0 Å². The Morgan fingerprint density at radius 1 is 0.944 bits per heavy atom. The summed E-state index contributed by atoms with van der Waals surface area (Å²) >= 11 is 0. The number of rotatable bonds is 8. The molecule has 0 bridgehead atoms. The fraction of sp³-hybridized carbons (Fsp3) is 0.548. The molecule has 1 aromatic rings. The average molecular weight is 497 g/mol. The third-order valence-corrected chi connectivity index (χ3v) is 5.32. The molecule has 36 heavy (non-hydrogen) atoms. The van der Waals surface area contributed by atoms with Gasteiger partial charge in [-0.2, -0.15) is 0 Å². The summed E-state index contributed by atoms with van der Waals surface area (Å²) in [6.45, 7) is 19.4. The molecular formula is C31H44O5. The van der Waals surface area contributed by atoms with Gasteiger partial charge >= 0.3 is 5.97 Å². The van der Waals surface area contributed by atoms with Crippen molar-refractivity contribution in [2.75, 3.05) is 0 Å². The van der Waals surface area contributed by atoms with Crippen molar-refractivity contribution in [1.29, 1.82) is 0 Å². The van der Waals surface area contributed by atoms with Gasteiger partial charge in [-0.1, -0.05) is 37.6 Å². The van der Waals surface area contributed by atoms with Crippen LogP contribution < -0.4 is 9.47 Å². The summed E-state index contributed by atoms with van der Waals surface area (Å²) in [7, 11) is 0. The smallest absolute Gasteiger partial charge is 0.312 e. The number of carbonyl (C=O) groups is 2. The molecule has 0 fully saturated rings. The van der Waals surface area contributed by atoms with E-state index < -0.39 is 28.2 Å². The largest absolute Gasteiger partial charge is 0.487 e.